The molecule has 0 amide bonds. The summed E-state index contributed by atoms with van der Waals surface area (Å²) in [6, 6.07) is 2.90. The van der Waals surface area contributed by atoms with Crippen LogP contribution in [0.5, 0.6) is 0 Å². The largest absolute Gasteiger partial charge is 0.380 e. The molecule has 0 aliphatic carbocycles. The van der Waals surface area contributed by atoms with E-state index in [2.05, 4.69) is 15.6 Å². The number of ether oxygens (including phenoxy) is 1. The topological polar surface area (TPSA) is 89.3 Å². The van der Waals surface area contributed by atoms with Gasteiger partial charge in [0.1, 0.15) is 11.6 Å². The highest BCUT2D eigenvalue weighted by atomic mass is 16.6. The summed E-state index contributed by atoms with van der Waals surface area (Å²) in [4.78, 5) is 14.8. The van der Waals surface area contributed by atoms with Gasteiger partial charge in [0.15, 0.2) is 0 Å². The van der Waals surface area contributed by atoms with E-state index in [0.29, 0.717) is 24.8 Å². The molecule has 0 aliphatic heterocycles. The van der Waals surface area contributed by atoms with E-state index in [1.807, 2.05) is 20.8 Å². The quantitative estimate of drug-likeness (QED) is 0.534. The molecule has 0 fully saturated rings. The standard InChI is InChI=1S/C13H22N4O3/c1-4-6-14-12-7-11(17(18)19)8-13(16-12)15-10(3)9-20-5-2/h7-8,10H,4-6,9H2,1-3H3,(H2,14,15,16). The van der Waals surface area contributed by atoms with Gasteiger partial charge < -0.3 is 15.4 Å². The van der Waals surface area contributed by atoms with Gasteiger partial charge in [-0.1, -0.05) is 6.92 Å². The number of aromatic nitrogens is 1. The molecule has 0 saturated carbocycles. The molecule has 112 valence electrons. The number of hydrogen-bond donors (Lipinski definition) is 2. The maximum atomic E-state index is 10.9. The smallest absolute Gasteiger partial charge is 0.276 e. The van der Waals surface area contributed by atoms with E-state index in [4.69, 9.17) is 4.74 Å². The van der Waals surface area contributed by atoms with Crippen LogP contribution in [0.1, 0.15) is 27.2 Å². The molecule has 1 atom stereocenters. The monoisotopic (exact) mass is 282 g/mol. The van der Waals surface area contributed by atoms with E-state index in [0.717, 1.165) is 13.0 Å². The van der Waals surface area contributed by atoms with Crippen LogP contribution in [-0.2, 0) is 4.74 Å². The van der Waals surface area contributed by atoms with Crippen molar-refractivity contribution in [3.05, 3.63) is 22.2 Å². The van der Waals surface area contributed by atoms with E-state index >= 15 is 0 Å². The zero-order valence-electron chi connectivity index (χ0n) is 12.2. The lowest BCUT2D eigenvalue weighted by atomic mass is 10.3. The lowest BCUT2D eigenvalue weighted by Gasteiger charge is -2.15. The van der Waals surface area contributed by atoms with Crippen LogP contribution in [0, 0.1) is 10.1 Å². The zero-order valence-corrected chi connectivity index (χ0v) is 12.2. The minimum Gasteiger partial charge on any atom is -0.380 e. The van der Waals surface area contributed by atoms with E-state index in [-0.39, 0.29) is 11.7 Å². The summed E-state index contributed by atoms with van der Waals surface area (Å²) in [5, 5.41) is 17.1. The average Bonchev–Trinajstić information content (AvgIpc) is 2.42. The number of nitro groups is 1. The van der Waals surface area contributed by atoms with Crippen molar-refractivity contribution in [3.63, 3.8) is 0 Å². The summed E-state index contributed by atoms with van der Waals surface area (Å²) in [6.45, 7) is 7.77. The molecular formula is C13H22N4O3. The third kappa shape index (κ3) is 5.40. The Morgan fingerprint density at radius 3 is 2.70 bits per heavy atom. The van der Waals surface area contributed by atoms with Gasteiger partial charge in [-0.15, -0.1) is 0 Å². The molecule has 7 nitrogen and oxygen atoms in total. The van der Waals surface area contributed by atoms with Gasteiger partial charge in [-0.05, 0) is 20.3 Å². The Kier molecular flexibility index (Phi) is 6.72. The molecule has 0 radical (unpaired) electrons. The van der Waals surface area contributed by atoms with Gasteiger partial charge in [-0.2, -0.15) is 0 Å². The SMILES string of the molecule is CCCNc1cc([N+](=O)[O-])cc(NC(C)COCC)n1. The van der Waals surface area contributed by atoms with E-state index in [9.17, 15) is 10.1 Å². The molecule has 0 aromatic carbocycles. The van der Waals surface area contributed by atoms with Crippen molar-refractivity contribution in [2.24, 2.45) is 0 Å². The van der Waals surface area contributed by atoms with Gasteiger partial charge in [0, 0.05) is 19.2 Å². The van der Waals surface area contributed by atoms with Crippen molar-refractivity contribution in [1.29, 1.82) is 0 Å². The van der Waals surface area contributed by atoms with Crippen molar-refractivity contribution in [3.8, 4) is 0 Å². The number of rotatable bonds is 9. The Labute approximate surface area is 118 Å². The molecule has 0 saturated heterocycles. The molecule has 1 aromatic rings. The maximum absolute atomic E-state index is 10.9. The molecule has 0 spiro atoms. The highest BCUT2D eigenvalue weighted by Crippen LogP contribution is 2.21. The normalized spacial score (nSPS) is 11.9. The summed E-state index contributed by atoms with van der Waals surface area (Å²) in [5.41, 5.74) is 0.0183. The Morgan fingerprint density at radius 2 is 2.10 bits per heavy atom. The second kappa shape index (κ2) is 8.31. The summed E-state index contributed by atoms with van der Waals surface area (Å²) in [6.07, 6.45) is 0.924. The third-order valence-electron chi connectivity index (χ3n) is 2.54. The Morgan fingerprint density at radius 1 is 1.40 bits per heavy atom. The Bertz CT molecular complexity index is 440. The van der Waals surface area contributed by atoms with Crippen LogP contribution in [0.2, 0.25) is 0 Å². The van der Waals surface area contributed by atoms with E-state index < -0.39 is 4.92 Å². The van der Waals surface area contributed by atoms with Crippen LogP contribution in [-0.4, -0.2) is 35.7 Å². The molecule has 20 heavy (non-hydrogen) atoms. The van der Waals surface area contributed by atoms with Crippen LogP contribution in [0.3, 0.4) is 0 Å². The Balaban J connectivity index is 2.82. The Hall–Kier alpha value is -1.89. The minimum atomic E-state index is -0.419. The minimum absolute atomic E-state index is 0.0183. The number of nitrogens with one attached hydrogen (secondary N) is 2. The van der Waals surface area contributed by atoms with Gasteiger partial charge in [-0.3, -0.25) is 10.1 Å². The van der Waals surface area contributed by atoms with Crippen molar-refractivity contribution in [2.75, 3.05) is 30.4 Å². The van der Waals surface area contributed by atoms with Crippen molar-refractivity contribution >= 4 is 17.3 Å². The molecule has 1 rings (SSSR count). The van der Waals surface area contributed by atoms with Gasteiger partial charge in [-0.25, -0.2) is 4.98 Å². The molecule has 7 heteroatoms. The van der Waals surface area contributed by atoms with Gasteiger partial charge in [0.25, 0.3) is 5.69 Å². The first kappa shape index (κ1) is 16.2. The predicted molar refractivity (Wildman–Crippen MR) is 79.2 cm³/mol. The first-order valence-corrected chi connectivity index (χ1v) is 6.81. The number of pyridine rings is 1. The summed E-state index contributed by atoms with van der Waals surface area (Å²) >= 11 is 0. The fraction of sp³-hybridized carbons (Fsp3) is 0.615. The first-order valence-electron chi connectivity index (χ1n) is 6.81. The molecule has 0 aliphatic rings. The van der Waals surface area contributed by atoms with E-state index in [1.54, 1.807) is 0 Å². The lowest BCUT2D eigenvalue weighted by molar-refractivity contribution is -0.384. The highest BCUT2D eigenvalue weighted by molar-refractivity contribution is 5.55. The van der Waals surface area contributed by atoms with Crippen molar-refractivity contribution in [1.82, 2.24) is 4.98 Å². The second-order valence-electron chi connectivity index (χ2n) is 4.48. The zero-order chi connectivity index (χ0) is 15.0. The highest BCUT2D eigenvalue weighted by Gasteiger charge is 2.12. The third-order valence-corrected chi connectivity index (χ3v) is 2.54. The van der Waals surface area contributed by atoms with E-state index in [1.165, 1.54) is 12.1 Å². The van der Waals surface area contributed by atoms with Crippen LogP contribution in [0.15, 0.2) is 12.1 Å². The summed E-state index contributed by atoms with van der Waals surface area (Å²) < 4.78 is 5.30. The second-order valence-corrected chi connectivity index (χ2v) is 4.48. The number of hydrogen-bond acceptors (Lipinski definition) is 6. The molecular weight excluding hydrogens is 260 g/mol. The fourth-order valence-corrected chi connectivity index (χ4v) is 1.63. The molecule has 1 heterocycles. The molecule has 0 bridgehead atoms. The van der Waals surface area contributed by atoms with Crippen molar-refractivity contribution < 1.29 is 9.66 Å². The van der Waals surface area contributed by atoms with Crippen LogP contribution in [0.25, 0.3) is 0 Å². The molecule has 2 N–H and O–H groups in total. The van der Waals surface area contributed by atoms with Gasteiger partial charge >= 0.3 is 0 Å². The maximum Gasteiger partial charge on any atom is 0.276 e. The molecule has 1 aromatic heterocycles. The number of anilines is 2. The summed E-state index contributed by atoms with van der Waals surface area (Å²) in [5.74, 6) is 0.983. The first-order chi connectivity index (χ1) is 9.56. The summed E-state index contributed by atoms with van der Waals surface area (Å²) in [7, 11) is 0. The lowest BCUT2D eigenvalue weighted by Crippen LogP contribution is -2.22. The number of nitrogens with zero attached hydrogens (tertiary/aromatic N) is 2. The van der Waals surface area contributed by atoms with Gasteiger partial charge in [0.2, 0.25) is 0 Å². The fourth-order valence-electron chi connectivity index (χ4n) is 1.63. The van der Waals surface area contributed by atoms with Crippen LogP contribution < -0.4 is 10.6 Å². The average molecular weight is 282 g/mol. The van der Waals surface area contributed by atoms with Crippen LogP contribution in [0.4, 0.5) is 17.3 Å². The molecule has 1 unspecified atom stereocenters. The van der Waals surface area contributed by atoms with Gasteiger partial charge in [0.05, 0.1) is 23.7 Å². The van der Waals surface area contributed by atoms with Crippen molar-refractivity contribution in [2.45, 2.75) is 33.2 Å². The predicted octanol–water partition coefficient (Wildman–Crippen LogP) is 2.65. The van der Waals surface area contributed by atoms with Crippen LogP contribution >= 0.6 is 0 Å².